The number of carbonyl (C=O) groups excluding carboxylic acids is 2. The summed E-state index contributed by atoms with van der Waals surface area (Å²) in [5, 5.41) is 0.626. The van der Waals surface area contributed by atoms with E-state index in [0.29, 0.717) is 16.4 Å². The Balaban J connectivity index is 1.95. The van der Waals surface area contributed by atoms with Crippen molar-refractivity contribution in [2.75, 3.05) is 11.9 Å². The first-order chi connectivity index (χ1) is 9.16. The van der Waals surface area contributed by atoms with E-state index in [1.165, 1.54) is 16.7 Å². The van der Waals surface area contributed by atoms with Crippen LogP contribution in [0, 0.1) is 0 Å². The molecule has 3 rings (SSSR count). The maximum Gasteiger partial charge on any atom is 0.299 e. The minimum Gasteiger partial charge on any atom is -0.308 e. The Hall–Kier alpha value is -2.21. The number of carbonyl (C=O) groups is 2. The van der Waals surface area contributed by atoms with Crippen molar-refractivity contribution in [2.45, 2.75) is 10.1 Å². The van der Waals surface area contributed by atoms with Crippen molar-refractivity contribution in [3.8, 4) is 0 Å². The van der Waals surface area contributed by atoms with Gasteiger partial charge in [-0.25, -0.2) is 9.97 Å². The third-order valence-corrected chi connectivity index (χ3v) is 3.71. The number of amides is 1. The Kier molecular flexibility index (Phi) is 2.79. The van der Waals surface area contributed by atoms with Gasteiger partial charge in [0.15, 0.2) is 5.16 Å². The first-order valence-corrected chi connectivity index (χ1v) is 6.40. The van der Waals surface area contributed by atoms with Crippen LogP contribution >= 0.6 is 11.8 Å². The molecule has 0 atom stereocenters. The highest BCUT2D eigenvalue weighted by atomic mass is 32.2. The van der Waals surface area contributed by atoms with Crippen molar-refractivity contribution in [1.82, 2.24) is 9.97 Å². The van der Waals surface area contributed by atoms with Crippen molar-refractivity contribution < 1.29 is 9.59 Å². The third kappa shape index (κ3) is 2.00. The number of benzene rings is 1. The van der Waals surface area contributed by atoms with E-state index in [-0.39, 0.29) is 0 Å². The molecule has 0 fully saturated rings. The monoisotopic (exact) mass is 271 g/mol. The summed E-state index contributed by atoms with van der Waals surface area (Å²) in [6, 6.07) is 7.02. The number of likely N-dealkylation sites (N-methyl/N-ethyl adjacent to an activating group) is 1. The van der Waals surface area contributed by atoms with Gasteiger partial charge in [0.1, 0.15) is 0 Å². The molecule has 0 unspecified atom stereocenters. The molecule has 6 heteroatoms. The molecule has 19 heavy (non-hydrogen) atoms. The summed E-state index contributed by atoms with van der Waals surface area (Å²) < 4.78 is 0. The number of nitrogens with zero attached hydrogens (tertiary/aromatic N) is 3. The zero-order valence-corrected chi connectivity index (χ0v) is 10.8. The molecule has 5 nitrogen and oxygen atoms in total. The molecule has 0 N–H and O–H groups in total. The summed E-state index contributed by atoms with van der Waals surface area (Å²) in [5.41, 5.74) is 1.08. The average molecular weight is 271 g/mol. The second-order valence-electron chi connectivity index (χ2n) is 4.01. The molecule has 1 aromatic carbocycles. The van der Waals surface area contributed by atoms with Gasteiger partial charge in [-0.2, -0.15) is 0 Å². The lowest BCUT2D eigenvalue weighted by Crippen LogP contribution is -2.24. The third-order valence-electron chi connectivity index (χ3n) is 2.83. The number of Topliss-reactive ketones (excluding diaryl/α,β-unsaturated/α-hetero) is 1. The predicted octanol–water partition coefficient (Wildman–Crippen LogP) is 1.79. The molecule has 1 aliphatic rings. The van der Waals surface area contributed by atoms with Crippen molar-refractivity contribution in [3.05, 3.63) is 42.2 Å². The lowest BCUT2D eigenvalue weighted by Gasteiger charge is -2.09. The van der Waals surface area contributed by atoms with E-state index in [2.05, 4.69) is 9.97 Å². The van der Waals surface area contributed by atoms with Gasteiger partial charge in [-0.1, -0.05) is 0 Å². The fraction of sp³-hybridized carbons (Fsp3) is 0.0769. The Morgan fingerprint density at radius 3 is 2.63 bits per heavy atom. The lowest BCUT2D eigenvalue weighted by atomic mass is 10.1. The van der Waals surface area contributed by atoms with Gasteiger partial charge in [-0.3, -0.25) is 9.59 Å². The van der Waals surface area contributed by atoms with Gasteiger partial charge in [0.25, 0.3) is 11.7 Å². The van der Waals surface area contributed by atoms with Crippen LogP contribution in [0.25, 0.3) is 0 Å². The van der Waals surface area contributed by atoms with Crippen LogP contribution in [0.5, 0.6) is 0 Å². The fourth-order valence-corrected chi connectivity index (χ4v) is 2.61. The van der Waals surface area contributed by atoms with Crippen LogP contribution in [-0.4, -0.2) is 28.7 Å². The summed E-state index contributed by atoms with van der Waals surface area (Å²) in [6.45, 7) is 0. The number of rotatable bonds is 2. The fourth-order valence-electron chi connectivity index (χ4n) is 1.86. The molecule has 0 radical (unpaired) electrons. The summed E-state index contributed by atoms with van der Waals surface area (Å²) in [5.74, 6) is -0.946. The zero-order chi connectivity index (χ0) is 13.4. The molecule has 1 aliphatic heterocycles. The van der Waals surface area contributed by atoms with E-state index in [1.54, 1.807) is 43.7 Å². The molecule has 0 saturated heterocycles. The number of fused-ring (bicyclic) bond motifs is 1. The molecule has 2 heterocycles. The van der Waals surface area contributed by atoms with E-state index in [9.17, 15) is 9.59 Å². The van der Waals surface area contributed by atoms with Crippen molar-refractivity contribution in [1.29, 1.82) is 0 Å². The van der Waals surface area contributed by atoms with Crippen LogP contribution in [0.1, 0.15) is 10.4 Å². The van der Waals surface area contributed by atoms with Gasteiger partial charge in [0.05, 0.1) is 11.3 Å². The molecule has 0 bridgehead atoms. The zero-order valence-electron chi connectivity index (χ0n) is 10.0. The molecule has 0 aliphatic carbocycles. The second-order valence-corrected chi connectivity index (χ2v) is 5.05. The van der Waals surface area contributed by atoms with E-state index in [1.807, 2.05) is 0 Å². The first-order valence-electron chi connectivity index (χ1n) is 5.58. The number of hydrogen-bond acceptors (Lipinski definition) is 5. The Labute approximate surface area is 113 Å². The molecular weight excluding hydrogens is 262 g/mol. The normalized spacial score (nSPS) is 13.8. The Morgan fingerprint density at radius 2 is 1.89 bits per heavy atom. The molecule has 1 amide bonds. The van der Waals surface area contributed by atoms with Gasteiger partial charge in [0.2, 0.25) is 0 Å². The highest BCUT2D eigenvalue weighted by molar-refractivity contribution is 7.99. The Morgan fingerprint density at radius 1 is 1.16 bits per heavy atom. The lowest BCUT2D eigenvalue weighted by molar-refractivity contribution is -0.114. The SMILES string of the molecule is CN1C(=O)C(=O)c2ccc(Sc3ncccn3)cc21. The number of aromatic nitrogens is 2. The molecule has 94 valence electrons. The van der Waals surface area contributed by atoms with E-state index >= 15 is 0 Å². The van der Waals surface area contributed by atoms with Crippen molar-refractivity contribution >= 4 is 29.1 Å². The van der Waals surface area contributed by atoms with Crippen LogP contribution in [0.3, 0.4) is 0 Å². The Bertz CT molecular complexity index is 673. The van der Waals surface area contributed by atoms with Crippen molar-refractivity contribution in [3.63, 3.8) is 0 Å². The van der Waals surface area contributed by atoms with E-state index in [0.717, 1.165) is 4.90 Å². The summed E-state index contributed by atoms with van der Waals surface area (Å²) >= 11 is 1.39. The van der Waals surface area contributed by atoms with Gasteiger partial charge >= 0.3 is 0 Å². The number of hydrogen-bond donors (Lipinski definition) is 0. The second kappa shape index (κ2) is 4.47. The highest BCUT2D eigenvalue weighted by Crippen LogP contribution is 2.33. The molecule has 0 saturated carbocycles. The average Bonchev–Trinajstić information content (AvgIpc) is 2.65. The summed E-state index contributed by atoms with van der Waals surface area (Å²) in [7, 11) is 1.60. The topological polar surface area (TPSA) is 63.2 Å². The standard InChI is InChI=1S/C13H9N3O2S/c1-16-10-7-8(19-13-14-5-2-6-15-13)3-4-9(10)11(17)12(16)18/h2-7H,1H3. The molecule has 1 aromatic heterocycles. The van der Waals surface area contributed by atoms with Crippen molar-refractivity contribution in [2.24, 2.45) is 0 Å². The van der Waals surface area contributed by atoms with E-state index < -0.39 is 11.7 Å². The van der Waals surface area contributed by atoms with Gasteiger partial charge in [0, 0.05) is 24.3 Å². The van der Waals surface area contributed by atoms with Crippen LogP contribution in [0.4, 0.5) is 5.69 Å². The van der Waals surface area contributed by atoms with E-state index in [4.69, 9.17) is 0 Å². The van der Waals surface area contributed by atoms with Gasteiger partial charge < -0.3 is 4.90 Å². The van der Waals surface area contributed by atoms with Crippen LogP contribution in [0.15, 0.2) is 46.7 Å². The summed E-state index contributed by atoms with van der Waals surface area (Å²) in [4.78, 5) is 33.7. The minimum atomic E-state index is -0.492. The highest BCUT2D eigenvalue weighted by Gasteiger charge is 2.33. The quantitative estimate of drug-likeness (QED) is 0.615. The molecular formula is C13H9N3O2S. The summed E-state index contributed by atoms with van der Waals surface area (Å²) in [6.07, 6.45) is 3.34. The smallest absolute Gasteiger partial charge is 0.299 e. The number of ketones is 1. The first kappa shape index (κ1) is 11.9. The van der Waals surface area contributed by atoms with Crippen LogP contribution in [-0.2, 0) is 4.79 Å². The minimum absolute atomic E-state index is 0.450. The number of anilines is 1. The van der Waals surface area contributed by atoms with Gasteiger partial charge in [-0.15, -0.1) is 0 Å². The molecule has 0 spiro atoms. The predicted molar refractivity (Wildman–Crippen MR) is 70.3 cm³/mol. The van der Waals surface area contributed by atoms with Crippen LogP contribution < -0.4 is 4.90 Å². The molecule has 2 aromatic rings. The maximum absolute atomic E-state index is 11.7. The largest absolute Gasteiger partial charge is 0.308 e. The van der Waals surface area contributed by atoms with Crippen LogP contribution in [0.2, 0.25) is 0 Å². The maximum atomic E-state index is 11.7. The van der Waals surface area contributed by atoms with Gasteiger partial charge in [-0.05, 0) is 36.0 Å².